The van der Waals surface area contributed by atoms with Gasteiger partial charge in [0.1, 0.15) is 11.6 Å². The van der Waals surface area contributed by atoms with Gasteiger partial charge in [-0.1, -0.05) is 19.1 Å². The van der Waals surface area contributed by atoms with Gasteiger partial charge in [-0.25, -0.2) is 4.98 Å². The molecule has 2 aromatic rings. The van der Waals surface area contributed by atoms with E-state index < -0.39 is 6.36 Å². The number of hydrogen-bond donors (Lipinski definition) is 1. The van der Waals surface area contributed by atoms with Gasteiger partial charge in [0.25, 0.3) is 5.56 Å². The number of halogens is 3. The Bertz CT molecular complexity index is 816. The predicted octanol–water partition coefficient (Wildman–Crippen LogP) is 3.18. The third kappa shape index (κ3) is 4.63. The number of ether oxygens (including phenoxy) is 1. The van der Waals surface area contributed by atoms with E-state index in [0.717, 1.165) is 36.5 Å². The van der Waals surface area contributed by atoms with Crippen molar-refractivity contribution in [3.63, 3.8) is 0 Å². The smallest absolute Gasteiger partial charge is 0.406 e. The van der Waals surface area contributed by atoms with Crippen molar-refractivity contribution in [1.82, 2.24) is 14.9 Å². The summed E-state index contributed by atoms with van der Waals surface area (Å²) in [5, 5.41) is 0. The largest absolute Gasteiger partial charge is 0.573 e. The lowest BCUT2D eigenvalue weighted by Crippen LogP contribution is -2.35. The van der Waals surface area contributed by atoms with E-state index in [1.165, 1.54) is 12.1 Å². The third-order valence-corrected chi connectivity index (χ3v) is 4.25. The highest BCUT2D eigenvalue weighted by Crippen LogP contribution is 2.23. The average molecular weight is 367 g/mol. The van der Waals surface area contributed by atoms with Crippen molar-refractivity contribution in [3.05, 3.63) is 57.3 Å². The molecule has 1 aliphatic heterocycles. The van der Waals surface area contributed by atoms with Gasteiger partial charge in [-0.05, 0) is 24.1 Å². The van der Waals surface area contributed by atoms with Crippen molar-refractivity contribution in [3.8, 4) is 5.75 Å². The van der Waals surface area contributed by atoms with Crippen LogP contribution in [0.5, 0.6) is 5.75 Å². The molecular formula is C18H20F3N3O2. The lowest BCUT2D eigenvalue weighted by molar-refractivity contribution is -0.274. The van der Waals surface area contributed by atoms with E-state index in [1.807, 2.05) is 6.92 Å². The van der Waals surface area contributed by atoms with Crippen LogP contribution in [0, 0.1) is 0 Å². The number of rotatable bonds is 5. The molecule has 26 heavy (non-hydrogen) atoms. The minimum atomic E-state index is -4.69. The van der Waals surface area contributed by atoms with Crippen LogP contribution < -0.4 is 10.3 Å². The maximum atomic E-state index is 12.3. The normalized spacial score (nSPS) is 14.9. The molecule has 140 valence electrons. The number of fused-ring (bicyclic) bond motifs is 1. The molecule has 0 fully saturated rings. The second-order valence-corrected chi connectivity index (χ2v) is 6.34. The number of benzene rings is 1. The molecule has 0 amide bonds. The molecule has 0 radical (unpaired) electrons. The summed E-state index contributed by atoms with van der Waals surface area (Å²) < 4.78 is 40.5. The zero-order chi connectivity index (χ0) is 18.7. The number of hydrogen-bond acceptors (Lipinski definition) is 4. The van der Waals surface area contributed by atoms with Crippen LogP contribution in [0.25, 0.3) is 0 Å². The highest BCUT2D eigenvalue weighted by atomic mass is 19.4. The second kappa shape index (κ2) is 7.49. The first-order chi connectivity index (χ1) is 12.3. The summed E-state index contributed by atoms with van der Waals surface area (Å²) in [6, 6.07) is 5.80. The Morgan fingerprint density at radius 2 is 2.00 bits per heavy atom. The maximum Gasteiger partial charge on any atom is 0.573 e. The average Bonchev–Trinajstić information content (AvgIpc) is 2.56. The quantitative estimate of drug-likeness (QED) is 0.882. The molecule has 1 aromatic carbocycles. The molecule has 5 nitrogen and oxygen atoms in total. The molecule has 0 saturated heterocycles. The Labute approximate surface area is 148 Å². The van der Waals surface area contributed by atoms with Crippen molar-refractivity contribution in [2.45, 2.75) is 45.6 Å². The van der Waals surface area contributed by atoms with E-state index in [-0.39, 0.29) is 11.3 Å². The fourth-order valence-corrected chi connectivity index (χ4v) is 3.08. The summed E-state index contributed by atoms with van der Waals surface area (Å²) in [7, 11) is 0. The molecule has 0 spiro atoms. The summed E-state index contributed by atoms with van der Waals surface area (Å²) in [5.41, 5.74) is 2.28. The molecule has 0 atom stereocenters. The summed E-state index contributed by atoms with van der Waals surface area (Å²) in [6.07, 6.45) is -2.34. The first kappa shape index (κ1) is 18.4. The van der Waals surface area contributed by atoms with Crippen molar-refractivity contribution < 1.29 is 17.9 Å². The molecule has 0 unspecified atom stereocenters. The van der Waals surface area contributed by atoms with Gasteiger partial charge in [0.15, 0.2) is 0 Å². The summed E-state index contributed by atoms with van der Waals surface area (Å²) in [6.45, 7) is 3.80. The van der Waals surface area contributed by atoms with E-state index in [4.69, 9.17) is 0 Å². The number of nitrogens with zero attached hydrogens (tertiary/aromatic N) is 2. The zero-order valence-electron chi connectivity index (χ0n) is 14.4. The summed E-state index contributed by atoms with van der Waals surface area (Å²) in [4.78, 5) is 21.8. The van der Waals surface area contributed by atoms with E-state index in [1.54, 1.807) is 12.1 Å². The van der Waals surface area contributed by atoms with Gasteiger partial charge in [0.2, 0.25) is 0 Å². The van der Waals surface area contributed by atoms with E-state index >= 15 is 0 Å². The van der Waals surface area contributed by atoms with Crippen LogP contribution in [0.1, 0.15) is 36.0 Å². The minimum absolute atomic E-state index is 0.0999. The zero-order valence-corrected chi connectivity index (χ0v) is 14.4. The molecule has 0 aliphatic carbocycles. The highest BCUT2D eigenvalue weighted by Gasteiger charge is 2.31. The van der Waals surface area contributed by atoms with Crippen molar-refractivity contribution >= 4 is 0 Å². The van der Waals surface area contributed by atoms with E-state index in [0.29, 0.717) is 25.1 Å². The Morgan fingerprint density at radius 3 is 2.65 bits per heavy atom. The van der Waals surface area contributed by atoms with Crippen molar-refractivity contribution in [2.24, 2.45) is 0 Å². The molecule has 0 saturated carbocycles. The standard InChI is InChI=1S/C18H20F3N3O2/c1-2-3-16-22-15-8-9-24(11-14(15)17(25)23-16)10-12-4-6-13(7-5-12)26-18(19,20)21/h4-7H,2-3,8-11H2,1H3,(H,22,23,25). The van der Waals surface area contributed by atoms with Gasteiger partial charge in [0.05, 0.1) is 11.3 Å². The molecule has 3 rings (SSSR count). The van der Waals surface area contributed by atoms with Gasteiger partial charge < -0.3 is 9.72 Å². The number of H-pyrrole nitrogens is 1. The molecule has 1 aromatic heterocycles. The predicted molar refractivity (Wildman–Crippen MR) is 89.8 cm³/mol. The first-order valence-electron chi connectivity index (χ1n) is 8.52. The van der Waals surface area contributed by atoms with E-state index in [2.05, 4.69) is 19.6 Å². The second-order valence-electron chi connectivity index (χ2n) is 6.34. The van der Waals surface area contributed by atoms with Crippen LogP contribution in [0.15, 0.2) is 29.1 Å². The Balaban J connectivity index is 1.67. The first-order valence-corrected chi connectivity index (χ1v) is 8.52. The lowest BCUT2D eigenvalue weighted by Gasteiger charge is -2.27. The van der Waals surface area contributed by atoms with Crippen LogP contribution in [0.4, 0.5) is 13.2 Å². The van der Waals surface area contributed by atoms with Gasteiger partial charge in [-0.2, -0.15) is 0 Å². The fourth-order valence-electron chi connectivity index (χ4n) is 3.08. The van der Waals surface area contributed by atoms with E-state index in [9.17, 15) is 18.0 Å². The monoisotopic (exact) mass is 367 g/mol. The maximum absolute atomic E-state index is 12.3. The highest BCUT2D eigenvalue weighted by molar-refractivity contribution is 5.28. The number of aryl methyl sites for hydroxylation is 1. The molecule has 1 N–H and O–H groups in total. The van der Waals surface area contributed by atoms with Gasteiger partial charge in [-0.3, -0.25) is 9.69 Å². The summed E-state index contributed by atoms with van der Waals surface area (Å²) in [5.74, 6) is 0.485. The molecule has 1 aliphatic rings. The van der Waals surface area contributed by atoms with Crippen LogP contribution in [-0.4, -0.2) is 27.8 Å². The number of alkyl halides is 3. The van der Waals surface area contributed by atoms with Gasteiger partial charge in [-0.15, -0.1) is 13.2 Å². The number of nitrogens with one attached hydrogen (secondary N) is 1. The van der Waals surface area contributed by atoms with Gasteiger partial charge >= 0.3 is 6.36 Å². The van der Waals surface area contributed by atoms with Crippen molar-refractivity contribution in [2.75, 3.05) is 6.54 Å². The Kier molecular flexibility index (Phi) is 5.31. The molecule has 0 bridgehead atoms. The topological polar surface area (TPSA) is 58.2 Å². The fraction of sp³-hybridized carbons (Fsp3) is 0.444. The summed E-state index contributed by atoms with van der Waals surface area (Å²) >= 11 is 0. The molecule has 8 heteroatoms. The van der Waals surface area contributed by atoms with Gasteiger partial charge in [0, 0.05) is 32.5 Å². The number of aromatic amines is 1. The van der Waals surface area contributed by atoms with Crippen LogP contribution in [-0.2, 0) is 25.9 Å². The number of aromatic nitrogens is 2. The third-order valence-electron chi connectivity index (χ3n) is 4.25. The molecule has 2 heterocycles. The minimum Gasteiger partial charge on any atom is -0.406 e. The molecular weight excluding hydrogens is 347 g/mol. The van der Waals surface area contributed by atoms with Crippen LogP contribution in [0.3, 0.4) is 0 Å². The Hall–Kier alpha value is -2.35. The Morgan fingerprint density at radius 1 is 1.27 bits per heavy atom. The SMILES string of the molecule is CCCc1nc2c(c(=O)[nH]1)CN(Cc1ccc(OC(F)(F)F)cc1)CC2. The van der Waals surface area contributed by atoms with Crippen LogP contribution in [0.2, 0.25) is 0 Å². The lowest BCUT2D eigenvalue weighted by atomic mass is 10.1. The van der Waals surface area contributed by atoms with Crippen LogP contribution >= 0.6 is 0 Å². The van der Waals surface area contributed by atoms with Crippen molar-refractivity contribution in [1.29, 1.82) is 0 Å².